The predicted octanol–water partition coefficient (Wildman–Crippen LogP) is 4.81. The third-order valence-corrected chi connectivity index (χ3v) is 6.11. The van der Waals surface area contributed by atoms with Crippen molar-refractivity contribution in [1.82, 2.24) is 10.3 Å². The first-order chi connectivity index (χ1) is 16.0. The first-order valence-corrected chi connectivity index (χ1v) is 10.8. The maximum atomic E-state index is 14.2. The molecule has 1 aliphatic carbocycles. The number of hydrogen-bond acceptors (Lipinski definition) is 5. The van der Waals surface area contributed by atoms with Crippen molar-refractivity contribution in [3.63, 3.8) is 0 Å². The normalized spacial score (nSPS) is 20.4. The molecule has 1 aliphatic heterocycles. The standard InChI is InChI=1S/C26H22FN3O3/c1-15-23(26(32)30-22-9-2-3-10-28-22)24(16-6-4-7-18(27)12-16)25-19(29-15)13-17(14-20(25)31)21-8-5-11-33-21/h2-12,17,24,29H,13-14H2,1H3,(H,28,30,32). The Labute approximate surface area is 190 Å². The molecule has 2 aliphatic rings. The molecular formula is C26H22FN3O3. The molecular weight excluding hydrogens is 421 g/mol. The van der Waals surface area contributed by atoms with Crippen LogP contribution in [0.25, 0.3) is 0 Å². The van der Waals surface area contributed by atoms with Gasteiger partial charge in [0.15, 0.2) is 5.78 Å². The highest BCUT2D eigenvalue weighted by Crippen LogP contribution is 2.45. The van der Waals surface area contributed by atoms with Crippen LogP contribution in [-0.2, 0) is 9.59 Å². The summed E-state index contributed by atoms with van der Waals surface area (Å²) in [6.07, 6.45) is 4.00. The summed E-state index contributed by atoms with van der Waals surface area (Å²) < 4.78 is 19.8. The van der Waals surface area contributed by atoms with Gasteiger partial charge < -0.3 is 15.1 Å². The molecule has 0 bridgehead atoms. The minimum atomic E-state index is -0.689. The molecule has 2 unspecified atom stereocenters. The van der Waals surface area contributed by atoms with E-state index in [1.54, 1.807) is 55.8 Å². The van der Waals surface area contributed by atoms with Crippen molar-refractivity contribution in [3.8, 4) is 0 Å². The zero-order chi connectivity index (χ0) is 22.9. The molecule has 0 radical (unpaired) electrons. The summed E-state index contributed by atoms with van der Waals surface area (Å²) in [5, 5.41) is 6.10. The number of anilines is 1. The molecule has 2 aromatic heterocycles. The molecule has 33 heavy (non-hydrogen) atoms. The molecule has 0 fully saturated rings. The van der Waals surface area contributed by atoms with Crippen molar-refractivity contribution in [2.75, 3.05) is 5.32 Å². The number of halogens is 1. The SMILES string of the molecule is CC1=C(C(=O)Nc2ccccn2)C(c2cccc(F)c2)C2=C(CC(c3ccco3)CC2=O)N1. The average Bonchev–Trinajstić information content (AvgIpc) is 3.33. The molecule has 166 valence electrons. The second kappa shape index (κ2) is 8.50. The molecule has 0 saturated heterocycles. The summed E-state index contributed by atoms with van der Waals surface area (Å²) in [5.74, 6) is -0.537. The lowest BCUT2D eigenvalue weighted by Crippen LogP contribution is -2.37. The van der Waals surface area contributed by atoms with Gasteiger partial charge in [0.05, 0.1) is 6.26 Å². The highest BCUT2D eigenvalue weighted by molar-refractivity contribution is 6.09. The maximum Gasteiger partial charge on any atom is 0.255 e. The van der Waals surface area contributed by atoms with Crippen LogP contribution < -0.4 is 10.6 Å². The average molecular weight is 443 g/mol. The highest BCUT2D eigenvalue weighted by Gasteiger charge is 2.41. The van der Waals surface area contributed by atoms with Crippen molar-refractivity contribution in [3.05, 3.63) is 107 Å². The van der Waals surface area contributed by atoms with Crippen LogP contribution in [0.15, 0.2) is 94.0 Å². The topological polar surface area (TPSA) is 84.2 Å². The number of hydrogen-bond donors (Lipinski definition) is 2. The third-order valence-electron chi connectivity index (χ3n) is 6.11. The van der Waals surface area contributed by atoms with Gasteiger partial charge in [-0.05, 0) is 55.3 Å². The van der Waals surface area contributed by atoms with Gasteiger partial charge in [-0.2, -0.15) is 0 Å². The maximum absolute atomic E-state index is 14.2. The third kappa shape index (κ3) is 3.98. The van der Waals surface area contributed by atoms with E-state index in [-0.39, 0.29) is 24.0 Å². The molecule has 6 nitrogen and oxygen atoms in total. The highest BCUT2D eigenvalue weighted by atomic mass is 19.1. The van der Waals surface area contributed by atoms with Gasteiger partial charge in [-0.1, -0.05) is 18.2 Å². The fourth-order valence-electron chi connectivity index (χ4n) is 4.70. The van der Waals surface area contributed by atoms with E-state index in [0.29, 0.717) is 34.6 Å². The molecule has 2 atom stereocenters. The second-order valence-electron chi connectivity index (χ2n) is 8.26. The smallest absolute Gasteiger partial charge is 0.255 e. The molecule has 1 aromatic carbocycles. The number of benzene rings is 1. The number of aromatic nitrogens is 1. The lowest BCUT2D eigenvalue weighted by atomic mass is 9.72. The predicted molar refractivity (Wildman–Crippen MR) is 121 cm³/mol. The van der Waals surface area contributed by atoms with E-state index in [9.17, 15) is 14.0 Å². The van der Waals surface area contributed by atoms with E-state index >= 15 is 0 Å². The minimum Gasteiger partial charge on any atom is -0.469 e. The monoisotopic (exact) mass is 443 g/mol. The number of nitrogens with one attached hydrogen (secondary N) is 2. The van der Waals surface area contributed by atoms with E-state index in [4.69, 9.17) is 4.42 Å². The quantitative estimate of drug-likeness (QED) is 0.604. The Morgan fingerprint density at radius 2 is 2.03 bits per heavy atom. The molecule has 1 amide bonds. The Morgan fingerprint density at radius 1 is 1.15 bits per heavy atom. The van der Waals surface area contributed by atoms with Gasteiger partial charge in [-0.15, -0.1) is 0 Å². The van der Waals surface area contributed by atoms with Gasteiger partial charge in [0.25, 0.3) is 5.91 Å². The summed E-state index contributed by atoms with van der Waals surface area (Å²) in [7, 11) is 0. The number of pyridine rings is 1. The van der Waals surface area contributed by atoms with E-state index < -0.39 is 11.7 Å². The molecule has 7 heteroatoms. The summed E-state index contributed by atoms with van der Waals surface area (Å²) in [5.41, 5.74) is 2.78. The van der Waals surface area contributed by atoms with Crippen LogP contribution in [0.1, 0.15) is 42.9 Å². The van der Waals surface area contributed by atoms with Crippen LogP contribution in [0.3, 0.4) is 0 Å². The van der Waals surface area contributed by atoms with E-state index in [2.05, 4.69) is 15.6 Å². The largest absolute Gasteiger partial charge is 0.469 e. The van der Waals surface area contributed by atoms with Crippen molar-refractivity contribution in [1.29, 1.82) is 0 Å². The van der Waals surface area contributed by atoms with Crippen molar-refractivity contribution in [2.24, 2.45) is 0 Å². The lowest BCUT2D eigenvalue weighted by molar-refractivity contribution is -0.116. The second-order valence-corrected chi connectivity index (χ2v) is 8.26. The van der Waals surface area contributed by atoms with Gasteiger partial charge in [0.2, 0.25) is 0 Å². The van der Waals surface area contributed by atoms with Gasteiger partial charge >= 0.3 is 0 Å². The number of carbonyl (C=O) groups excluding carboxylic acids is 2. The fourth-order valence-corrected chi connectivity index (χ4v) is 4.70. The van der Waals surface area contributed by atoms with Gasteiger partial charge in [-0.3, -0.25) is 9.59 Å². The van der Waals surface area contributed by atoms with Crippen molar-refractivity contribution < 1.29 is 18.4 Å². The number of dihydropyridines is 1. The van der Waals surface area contributed by atoms with Gasteiger partial charge in [0, 0.05) is 47.0 Å². The Morgan fingerprint density at radius 3 is 2.76 bits per heavy atom. The first-order valence-electron chi connectivity index (χ1n) is 10.8. The zero-order valence-corrected chi connectivity index (χ0v) is 18.0. The number of ketones is 1. The van der Waals surface area contributed by atoms with E-state index in [0.717, 1.165) is 11.5 Å². The number of carbonyl (C=O) groups is 2. The van der Waals surface area contributed by atoms with E-state index in [1.807, 2.05) is 6.07 Å². The molecule has 3 aromatic rings. The number of Topliss-reactive ketones (excluding diaryl/α,β-unsaturated/α-hetero) is 1. The zero-order valence-electron chi connectivity index (χ0n) is 18.0. The Balaban J connectivity index is 1.58. The number of amides is 1. The van der Waals surface area contributed by atoms with Crippen molar-refractivity contribution in [2.45, 2.75) is 31.6 Å². The number of rotatable bonds is 4. The Bertz CT molecular complexity index is 1280. The number of furan rings is 1. The summed E-state index contributed by atoms with van der Waals surface area (Å²) in [6.45, 7) is 1.80. The van der Waals surface area contributed by atoms with Crippen LogP contribution in [0.5, 0.6) is 0 Å². The van der Waals surface area contributed by atoms with Crippen molar-refractivity contribution >= 4 is 17.5 Å². The summed E-state index contributed by atoms with van der Waals surface area (Å²) >= 11 is 0. The Hall–Kier alpha value is -4.00. The van der Waals surface area contributed by atoms with Gasteiger partial charge in [-0.25, -0.2) is 9.37 Å². The molecule has 3 heterocycles. The van der Waals surface area contributed by atoms with Crippen LogP contribution in [0.4, 0.5) is 10.2 Å². The molecule has 0 spiro atoms. The molecule has 5 rings (SSSR count). The Kier molecular flexibility index (Phi) is 5.38. The molecule has 0 saturated carbocycles. The number of nitrogens with zero attached hydrogens (tertiary/aromatic N) is 1. The fraction of sp³-hybridized carbons (Fsp3) is 0.192. The number of allylic oxidation sites excluding steroid dienone is 3. The minimum absolute atomic E-state index is 0.0879. The summed E-state index contributed by atoms with van der Waals surface area (Å²) in [4.78, 5) is 31.0. The van der Waals surface area contributed by atoms with Crippen LogP contribution in [-0.4, -0.2) is 16.7 Å². The molecule has 2 N–H and O–H groups in total. The van der Waals surface area contributed by atoms with Crippen LogP contribution in [0, 0.1) is 5.82 Å². The summed E-state index contributed by atoms with van der Waals surface area (Å²) in [6, 6.07) is 15.0. The lowest BCUT2D eigenvalue weighted by Gasteiger charge is -2.36. The van der Waals surface area contributed by atoms with Crippen LogP contribution in [0.2, 0.25) is 0 Å². The van der Waals surface area contributed by atoms with Crippen LogP contribution >= 0.6 is 0 Å². The van der Waals surface area contributed by atoms with E-state index in [1.165, 1.54) is 12.1 Å². The first kappa shape index (κ1) is 20.9. The van der Waals surface area contributed by atoms with Gasteiger partial charge in [0.1, 0.15) is 17.4 Å².